The lowest BCUT2D eigenvalue weighted by atomic mass is 9.95. The van der Waals surface area contributed by atoms with E-state index in [1.54, 1.807) is 60.4 Å². The number of amides is 1. The average molecular weight is 546 g/mol. The number of anilines is 1. The average Bonchev–Trinajstić information content (AvgIpc) is 3.58. The SMILES string of the molecule is Cc1c(-c2ccnn2-c2ccc(C#N)cc2)cn2nc(NC(=O)CCCO)nc2c1-c1cccc(C(F)(F)F)c1. The summed E-state index contributed by atoms with van der Waals surface area (Å²) in [4.78, 5) is 16.7. The Hall–Kier alpha value is -5.02. The minimum Gasteiger partial charge on any atom is -0.396 e. The summed E-state index contributed by atoms with van der Waals surface area (Å²) in [5.41, 5.74) is 3.13. The number of pyridine rings is 1. The largest absolute Gasteiger partial charge is 0.416 e. The molecule has 0 bridgehead atoms. The van der Waals surface area contributed by atoms with E-state index in [0.717, 1.165) is 12.1 Å². The van der Waals surface area contributed by atoms with Gasteiger partial charge >= 0.3 is 6.18 Å². The van der Waals surface area contributed by atoms with Crippen molar-refractivity contribution in [1.29, 1.82) is 5.26 Å². The van der Waals surface area contributed by atoms with Gasteiger partial charge in [0.15, 0.2) is 5.65 Å². The maximum absolute atomic E-state index is 13.6. The summed E-state index contributed by atoms with van der Waals surface area (Å²) in [7, 11) is 0. The van der Waals surface area contributed by atoms with Gasteiger partial charge in [-0.05, 0) is 66.9 Å². The van der Waals surface area contributed by atoms with Crippen LogP contribution in [0.2, 0.25) is 0 Å². The molecule has 202 valence electrons. The molecule has 5 rings (SSSR count). The van der Waals surface area contributed by atoms with E-state index in [2.05, 4.69) is 26.6 Å². The van der Waals surface area contributed by atoms with Gasteiger partial charge in [0.1, 0.15) is 0 Å². The number of rotatable bonds is 7. The molecule has 5 aromatic rings. The quantitative estimate of drug-likeness (QED) is 0.292. The Morgan fingerprint density at radius 1 is 1.15 bits per heavy atom. The minimum absolute atomic E-state index is 0.0201. The third kappa shape index (κ3) is 5.14. The second-order valence-electron chi connectivity index (χ2n) is 8.99. The molecule has 0 unspecified atom stereocenters. The molecule has 0 atom stereocenters. The number of benzene rings is 2. The molecule has 0 spiro atoms. The van der Waals surface area contributed by atoms with Crippen LogP contribution < -0.4 is 5.32 Å². The maximum Gasteiger partial charge on any atom is 0.416 e. The Morgan fingerprint density at radius 2 is 1.93 bits per heavy atom. The van der Waals surface area contributed by atoms with Crippen LogP contribution in [0.25, 0.3) is 33.7 Å². The van der Waals surface area contributed by atoms with Crippen molar-refractivity contribution in [3.05, 3.63) is 83.7 Å². The van der Waals surface area contributed by atoms with Crippen molar-refractivity contribution >= 4 is 17.5 Å². The topological polar surface area (TPSA) is 121 Å². The molecule has 0 saturated carbocycles. The predicted octanol–water partition coefficient (Wildman–Crippen LogP) is 5.16. The van der Waals surface area contributed by atoms with Gasteiger partial charge < -0.3 is 5.11 Å². The number of hydrogen-bond acceptors (Lipinski definition) is 6. The molecule has 2 aromatic carbocycles. The van der Waals surface area contributed by atoms with Crippen molar-refractivity contribution in [3.8, 4) is 34.1 Å². The van der Waals surface area contributed by atoms with Gasteiger partial charge in [-0.3, -0.25) is 10.1 Å². The number of hydrogen-bond donors (Lipinski definition) is 2. The fourth-order valence-electron chi connectivity index (χ4n) is 4.43. The van der Waals surface area contributed by atoms with Gasteiger partial charge in [0.05, 0.1) is 34.8 Å². The molecule has 0 aliphatic rings. The summed E-state index contributed by atoms with van der Waals surface area (Å²) in [6.07, 6.45) is -0.964. The van der Waals surface area contributed by atoms with Crippen molar-refractivity contribution in [2.75, 3.05) is 11.9 Å². The first kappa shape index (κ1) is 26.6. The van der Waals surface area contributed by atoms with Crippen LogP contribution in [0.15, 0.2) is 67.0 Å². The zero-order valence-corrected chi connectivity index (χ0v) is 21.1. The summed E-state index contributed by atoms with van der Waals surface area (Å²) < 4.78 is 43.9. The van der Waals surface area contributed by atoms with Gasteiger partial charge in [-0.1, -0.05) is 12.1 Å². The van der Waals surface area contributed by atoms with Crippen LogP contribution in [0.1, 0.15) is 29.5 Å². The van der Waals surface area contributed by atoms with E-state index < -0.39 is 17.6 Å². The van der Waals surface area contributed by atoms with Crippen LogP contribution in [0.5, 0.6) is 0 Å². The van der Waals surface area contributed by atoms with E-state index in [4.69, 9.17) is 10.4 Å². The molecule has 3 aromatic heterocycles. The Labute approximate surface area is 226 Å². The highest BCUT2D eigenvalue weighted by Gasteiger charge is 2.31. The number of aliphatic hydroxyl groups excluding tert-OH is 1. The van der Waals surface area contributed by atoms with Crippen molar-refractivity contribution in [1.82, 2.24) is 24.4 Å². The molecule has 0 radical (unpaired) electrons. The number of nitriles is 1. The van der Waals surface area contributed by atoms with Gasteiger partial charge in [0.2, 0.25) is 11.9 Å². The normalized spacial score (nSPS) is 11.5. The van der Waals surface area contributed by atoms with E-state index >= 15 is 0 Å². The third-order valence-corrected chi connectivity index (χ3v) is 6.34. The first-order valence-corrected chi connectivity index (χ1v) is 12.2. The van der Waals surface area contributed by atoms with Crippen LogP contribution in [0.4, 0.5) is 19.1 Å². The number of aromatic nitrogens is 5. The van der Waals surface area contributed by atoms with E-state index in [9.17, 15) is 18.0 Å². The Balaban J connectivity index is 1.71. The zero-order valence-electron chi connectivity index (χ0n) is 21.1. The fourth-order valence-corrected chi connectivity index (χ4v) is 4.43. The number of fused-ring (bicyclic) bond motifs is 1. The van der Waals surface area contributed by atoms with Crippen molar-refractivity contribution in [2.24, 2.45) is 0 Å². The lowest BCUT2D eigenvalue weighted by Gasteiger charge is -2.16. The smallest absolute Gasteiger partial charge is 0.396 e. The van der Waals surface area contributed by atoms with Gasteiger partial charge in [0, 0.05) is 30.4 Å². The Bertz CT molecular complexity index is 1750. The number of nitrogens with one attached hydrogen (secondary N) is 1. The van der Waals surface area contributed by atoms with Crippen LogP contribution >= 0.6 is 0 Å². The van der Waals surface area contributed by atoms with Crippen molar-refractivity contribution in [3.63, 3.8) is 0 Å². The third-order valence-electron chi connectivity index (χ3n) is 6.34. The number of carbonyl (C=O) groups is 1. The highest BCUT2D eigenvalue weighted by Crippen LogP contribution is 2.38. The highest BCUT2D eigenvalue weighted by atomic mass is 19.4. The molecule has 40 heavy (non-hydrogen) atoms. The lowest BCUT2D eigenvalue weighted by molar-refractivity contribution is -0.137. The first-order valence-electron chi connectivity index (χ1n) is 12.2. The first-order chi connectivity index (χ1) is 19.2. The maximum atomic E-state index is 13.6. The standard InChI is InChI=1S/C28H22F3N7O2/c1-17-22(23-11-12-33-38(23)21-9-7-18(15-32)8-10-21)16-37-26(35-27(36-37)34-24(40)6-3-13-39)25(17)19-4-2-5-20(14-19)28(29,30)31/h2,4-5,7-12,14,16,39H,3,6,13H2,1H3,(H,34,36,40). The van der Waals surface area contributed by atoms with Crippen LogP contribution in [-0.4, -0.2) is 42.0 Å². The van der Waals surface area contributed by atoms with Gasteiger partial charge in [-0.2, -0.15) is 28.5 Å². The van der Waals surface area contributed by atoms with E-state index in [0.29, 0.717) is 33.6 Å². The van der Waals surface area contributed by atoms with Gasteiger partial charge in [-0.15, -0.1) is 5.10 Å². The monoisotopic (exact) mass is 545 g/mol. The Morgan fingerprint density at radius 3 is 2.62 bits per heavy atom. The predicted molar refractivity (Wildman–Crippen MR) is 140 cm³/mol. The van der Waals surface area contributed by atoms with Crippen LogP contribution in [0, 0.1) is 18.3 Å². The summed E-state index contributed by atoms with van der Waals surface area (Å²) >= 11 is 0. The molecule has 0 fully saturated rings. The Kier molecular flexibility index (Phi) is 7.06. The lowest BCUT2D eigenvalue weighted by Crippen LogP contribution is -2.12. The van der Waals surface area contributed by atoms with Crippen LogP contribution in [-0.2, 0) is 11.0 Å². The van der Waals surface area contributed by atoms with E-state index in [1.807, 2.05) is 0 Å². The number of alkyl halides is 3. The summed E-state index contributed by atoms with van der Waals surface area (Å²) in [5, 5.41) is 29.5. The number of carbonyl (C=O) groups excluding carboxylic acids is 1. The van der Waals surface area contributed by atoms with Crippen LogP contribution in [0.3, 0.4) is 0 Å². The second-order valence-corrected chi connectivity index (χ2v) is 8.99. The fraction of sp³-hybridized carbons (Fsp3) is 0.179. The highest BCUT2D eigenvalue weighted by molar-refractivity contribution is 5.91. The van der Waals surface area contributed by atoms with Crippen molar-refractivity contribution in [2.45, 2.75) is 25.9 Å². The molecular weight excluding hydrogens is 523 g/mol. The van der Waals surface area contributed by atoms with Crippen molar-refractivity contribution < 1.29 is 23.1 Å². The molecule has 12 heteroatoms. The molecule has 0 aliphatic carbocycles. The summed E-state index contributed by atoms with van der Waals surface area (Å²) in [5.74, 6) is -0.422. The number of aliphatic hydroxyl groups is 1. The summed E-state index contributed by atoms with van der Waals surface area (Å²) in [6, 6.07) is 15.6. The molecule has 0 aliphatic heterocycles. The minimum atomic E-state index is -4.55. The van der Waals surface area contributed by atoms with E-state index in [-0.39, 0.29) is 36.6 Å². The summed E-state index contributed by atoms with van der Waals surface area (Å²) in [6.45, 7) is 1.62. The number of halogens is 3. The molecule has 1 amide bonds. The molecule has 9 nitrogen and oxygen atoms in total. The van der Waals surface area contributed by atoms with Gasteiger partial charge in [-0.25, -0.2) is 9.20 Å². The van der Waals surface area contributed by atoms with Gasteiger partial charge in [0.25, 0.3) is 0 Å². The second kappa shape index (κ2) is 10.6. The zero-order chi connectivity index (χ0) is 28.4. The molecule has 0 saturated heterocycles. The molecular formula is C28H22F3N7O2. The van der Waals surface area contributed by atoms with E-state index in [1.165, 1.54) is 10.6 Å². The molecule has 2 N–H and O–H groups in total. The molecule has 3 heterocycles. The number of nitrogens with zero attached hydrogens (tertiary/aromatic N) is 6.